The molecular formula is C21H21N5O. The molecule has 1 atom stereocenters. The molecule has 3 aromatic heterocycles. The second-order valence-corrected chi connectivity index (χ2v) is 6.44. The highest BCUT2D eigenvalue weighted by atomic mass is 16.3. The fourth-order valence-electron chi connectivity index (χ4n) is 3.06. The van der Waals surface area contributed by atoms with Crippen molar-refractivity contribution in [3.05, 3.63) is 72.2 Å². The van der Waals surface area contributed by atoms with Crippen LogP contribution in [-0.4, -0.2) is 24.9 Å². The predicted molar refractivity (Wildman–Crippen MR) is 105 cm³/mol. The molecule has 1 aromatic carbocycles. The average Bonchev–Trinajstić information content (AvgIpc) is 3.16. The molecule has 6 heteroatoms. The summed E-state index contributed by atoms with van der Waals surface area (Å²) in [6.07, 6.45) is 2.65. The standard InChI is InChI=1S/C21H21N5O/c1-2-17(22)19-7-4-6-18(25-19)14-9-10-15-12-23-26(20(15)11-14)21-8-3-5-16(13-27)24-21/h3-12,17,27H,2,13,22H2,1H3/t17-/m1/s1. The van der Waals surface area contributed by atoms with E-state index in [2.05, 4.69) is 23.1 Å². The van der Waals surface area contributed by atoms with Crippen molar-refractivity contribution in [2.45, 2.75) is 26.0 Å². The van der Waals surface area contributed by atoms with E-state index in [1.165, 1.54) is 0 Å². The molecule has 3 heterocycles. The normalized spacial score (nSPS) is 12.4. The van der Waals surface area contributed by atoms with Crippen molar-refractivity contribution in [3.63, 3.8) is 0 Å². The van der Waals surface area contributed by atoms with E-state index in [4.69, 9.17) is 10.7 Å². The van der Waals surface area contributed by atoms with Gasteiger partial charge in [0.2, 0.25) is 0 Å². The number of aliphatic hydroxyl groups excluding tert-OH is 1. The smallest absolute Gasteiger partial charge is 0.154 e. The minimum atomic E-state index is -0.104. The summed E-state index contributed by atoms with van der Waals surface area (Å²) in [6, 6.07) is 17.5. The molecule has 0 fully saturated rings. The fourth-order valence-corrected chi connectivity index (χ4v) is 3.06. The molecule has 3 N–H and O–H groups in total. The number of fused-ring (bicyclic) bond motifs is 1. The van der Waals surface area contributed by atoms with Crippen LogP contribution in [0.1, 0.15) is 30.8 Å². The zero-order valence-corrected chi connectivity index (χ0v) is 15.1. The molecule has 6 nitrogen and oxygen atoms in total. The molecule has 0 aliphatic rings. The van der Waals surface area contributed by atoms with Gasteiger partial charge in [0.25, 0.3) is 0 Å². The third-order valence-corrected chi connectivity index (χ3v) is 4.63. The van der Waals surface area contributed by atoms with E-state index in [0.717, 1.165) is 34.3 Å². The van der Waals surface area contributed by atoms with Crippen LogP contribution in [0.5, 0.6) is 0 Å². The summed E-state index contributed by atoms with van der Waals surface area (Å²) in [4.78, 5) is 9.18. The van der Waals surface area contributed by atoms with Gasteiger partial charge in [-0.05, 0) is 36.8 Å². The maximum atomic E-state index is 9.35. The lowest BCUT2D eigenvalue weighted by Crippen LogP contribution is -2.10. The highest BCUT2D eigenvalue weighted by molar-refractivity contribution is 5.84. The number of rotatable bonds is 5. The van der Waals surface area contributed by atoms with E-state index < -0.39 is 0 Å². The van der Waals surface area contributed by atoms with Crippen molar-refractivity contribution in [1.82, 2.24) is 19.7 Å². The summed E-state index contributed by atoms with van der Waals surface area (Å²) in [5.41, 5.74) is 10.4. The van der Waals surface area contributed by atoms with Crippen molar-refractivity contribution < 1.29 is 5.11 Å². The molecule has 0 aliphatic heterocycles. The highest BCUT2D eigenvalue weighted by Gasteiger charge is 2.11. The maximum Gasteiger partial charge on any atom is 0.154 e. The fraction of sp³-hybridized carbons (Fsp3) is 0.190. The summed E-state index contributed by atoms with van der Waals surface area (Å²) in [7, 11) is 0. The number of aromatic nitrogens is 4. The number of nitrogens with two attached hydrogens (primary N) is 1. The first kappa shape index (κ1) is 17.3. The van der Waals surface area contributed by atoms with Crippen LogP contribution in [0.25, 0.3) is 28.0 Å². The Balaban J connectivity index is 1.80. The summed E-state index contributed by atoms with van der Waals surface area (Å²) >= 11 is 0. The van der Waals surface area contributed by atoms with Crippen LogP contribution in [0, 0.1) is 0 Å². The van der Waals surface area contributed by atoms with E-state index in [1.807, 2.05) is 48.7 Å². The number of aliphatic hydroxyl groups is 1. The second kappa shape index (κ2) is 7.26. The van der Waals surface area contributed by atoms with Crippen molar-refractivity contribution in [2.24, 2.45) is 5.73 Å². The Morgan fingerprint density at radius 3 is 2.74 bits per heavy atom. The van der Waals surface area contributed by atoms with Gasteiger partial charge in [0, 0.05) is 17.0 Å². The average molecular weight is 359 g/mol. The summed E-state index contributed by atoms with van der Waals surface area (Å²) in [6.45, 7) is 1.95. The van der Waals surface area contributed by atoms with E-state index in [0.29, 0.717) is 11.5 Å². The Morgan fingerprint density at radius 1 is 1.07 bits per heavy atom. The van der Waals surface area contributed by atoms with Gasteiger partial charge in [-0.25, -0.2) is 9.67 Å². The molecule has 0 unspecified atom stereocenters. The Bertz CT molecular complexity index is 1090. The maximum absolute atomic E-state index is 9.35. The quantitative estimate of drug-likeness (QED) is 0.570. The van der Waals surface area contributed by atoms with Crippen LogP contribution < -0.4 is 5.73 Å². The topological polar surface area (TPSA) is 89.8 Å². The SMILES string of the molecule is CC[C@@H](N)c1cccc(-c2ccc3cnn(-c4cccc(CO)n4)c3c2)n1. The summed E-state index contributed by atoms with van der Waals surface area (Å²) < 4.78 is 1.78. The van der Waals surface area contributed by atoms with Gasteiger partial charge in [-0.15, -0.1) is 0 Å². The lowest BCUT2D eigenvalue weighted by Gasteiger charge is -2.10. The molecule has 0 amide bonds. The lowest BCUT2D eigenvalue weighted by molar-refractivity contribution is 0.276. The van der Waals surface area contributed by atoms with E-state index in [-0.39, 0.29) is 12.6 Å². The number of nitrogens with zero attached hydrogens (tertiary/aromatic N) is 4. The van der Waals surface area contributed by atoms with Crippen molar-refractivity contribution in [1.29, 1.82) is 0 Å². The Hall–Kier alpha value is -3.09. The van der Waals surface area contributed by atoms with Crippen molar-refractivity contribution in [3.8, 4) is 17.1 Å². The molecule has 0 aliphatic carbocycles. The van der Waals surface area contributed by atoms with Crippen LogP contribution in [0.2, 0.25) is 0 Å². The van der Waals surface area contributed by atoms with Crippen LogP contribution in [0.15, 0.2) is 60.8 Å². The molecule has 27 heavy (non-hydrogen) atoms. The lowest BCUT2D eigenvalue weighted by atomic mass is 10.1. The van der Waals surface area contributed by atoms with E-state index in [1.54, 1.807) is 10.7 Å². The molecule has 4 rings (SSSR count). The Kier molecular flexibility index (Phi) is 4.66. The first-order valence-electron chi connectivity index (χ1n) is 8.97. The molecule has 0 spiro atoms. The van der Waals surface area contributed by atoms with Gasteiger partial charge < -0.3 is 10.8 Å². The van der Waals surface area contributed by atoms with E-state index in [9.17, 15) is 5.11 Å². The van der Waals surface area contributed by atoms with Crippen molar-refractivity contribution in [2.75, 3.05) is 0 Å². The second-order valence-electron chi connectivity index (χ2n) is 6.44. The highest BCUT2D eigenvalue weighted by Crippen LogP contribution is 2.25. The summed E-state index contributed by atoms with van der Waals surface area (Å²) in [5.74, 6) is 0.670. The van der Waals surface area contributed by atoms with Crippen molar-refractivity contribution >= 4 is 10.9 Å². The summed E-state index contributed by atoms with van der Waals surface area (Å²) in [5, 5.41) is 14.8. The molecule has 136 valence electrons. The van der Waals surface area contributed by atoms with Crippen LogP contribution >= 0.6 is 0 Å². The Labute approximate surface area is 157 Å². The number of pyridine rings is 2. The van der Waals surface area contributed by atoms with Gasteiger partial charge in [0.15, 0.2) is 5.82 Å². The zero-order valence-electron chi connectivity index (χ0n) is 15.1. The van der Waals surface area contributed by atoms with Gasteiger partial charge in [-0.2, -0.15) is 5.10 Å². The van der Waals surface area contributed by atoms with Gasteiger partial charge in [-0.1, -0.05) is 31.2 Å². The monoisotopic (exact) mass is 359 g/mol. The molecule has 0 bridgehead atoms. The number of hydrogen-bond acceptors (Lipinski definition) is 5. The number of benzene rings is 1. The largest absolute Gasteiger partial charge is 0.390 e. The Morgan fingerprint density at radius 2 is 1.93 bits per heavy atom. The van der Waals surface area contributed by atoms with Gasteiger partial charge in [0.05, 0.1) is 35.4 Å². The molecule has 0 radical (unpaired) electrons. The number of hydrogen-bond donors (Lipinski definition) is 2. The van der Waals surface area contributed by atoms with Crippen LogP contribution in [-0.2, 0) is 6.61 Å². The zero-order chi connectivity index (χ0) is 18.8. The first-order valence-corrected chi connectivity index (χ1v) is 8.97. The predicted octanol–water partition coefficient (Wildman–Crippen LogP) is 3.38. The molecule has 0 saturated carbocycles. The minimum absolute atomic E-state index is 0.0652. The van der Waals surface area contributed by atoms with Gasteiger partial charge in [0.1, 0.15) is 0 Å². The molecule has 4 aromatic rings. The third-order valence-electron chi connectivity index (χ3n) is 4.63. The van der Waals surface area contributed by atoms with E-state index >= 15 is 0 Å². The van der Waals surface area contributed by atoms with Gasteiger partial charge in [-0.3, -0.25) is 4.98 Å². The first-order chi connectivity index (χ1) is 13.2. The van der Waals surface area contributed by atoms with Crippen LogP contribution in [0.4, 0.5) is 0 Å². The van der Waals surface area contributed by atoms with Crippen LogP contribution in [0.3, 0.4) is 0 Å². The third kappa shape index (κ3) is 3.32. The molecular weight excluding hydrogens is 338 g/mol. The molecule has 0 saturated heterocycles. The minimum Gasteiger partial charge on any atom is -0.390 e. The van der Waals surface area contributed by atoms with Gasteiger partial charge >= 0.3 is 0 Å².